The fourth-order valence-corrected chi connectivity index (χ4v) is 4.22. The molecule has 1 fully saturated rings. The van der Waals surface area contributed by atoms with Crippen LogP contribution in [0.25, 0.3) is 0 Å². The summed E-state index contributed by atoms with van der Waals surface area (Å²) in [6.07, 6.45) is -3.07. The quantitative estimate of drug-likeness (QED) is 0.668. The Bertz CT molecular complexity index is 905. The average Bonchev–Trinajstić information content (AvgIpc) is 2.72. The van der Waals surface area contributed by atoms with Crippen molar-refractivity contribution in [3.8, 4) is 0 Å². The van der Waals surface area contributed by atoms with Gasteiger partial charge in [-0.3, -0.25) is 4.79 Å². The summed E-state index contributed by atoms with van der Waals surface area (Å²) in [7, 11) is 0. The van der Waals surface area contributed by atoms with Crippen LogP contribution in [0.15, 0.2) is 48.5 Å². The lowest BCUT2D eigenvalue weighted by molar-refractivity contribution is -0.138. The van der Waals surface area contributed by atoms with Crippen molar-refractivity contribution >= 4 is 17.5 Å². The Hall–Kier alpha value is -2.05. The van der Waals surface area contributed by atoms with Crippen LogP contribution in [0.2, 0.25) is 5.02 Å². The van der Waals surface area contributed by atoms with Gasteiger partial charge in [0.15, 0.2) is 0 Å². The van der Waals surface area contributed by atoms with Crippen molar-refractivity contribution in [3.05, 3.63) is 70.2 Å². The molecule has 1 saturated heterocycles. The largest absolute Gasteiger partial charge is 0.416 e. The van der Waals surface area contributed by atoms with Gasteiger partial charge >= 0.3 is 6.18 Å². The van der Waals surface area contributed by atoms with E-state index < -0.39 is 17.2 Å². The van der Waals surface area contributed by atoms with Gasteiger partial charge in [-0.05, 0) is 49.9 Å². The topological polar surface area (TPSA) is 38.3 Å². The average molecular weight is 440 g/mol. The summed E-state index contributed by atoms with van der Waals surface area (Å²) in [6.45, 7) is 4.70. The SMILES string of the molecule is CC(C)(C(=O)NCC1(c2ccccc2Cl)CCOCC1)c1cccc(C(F)(F)F)c1. The summed E-state index contributed by atoms with van der Waals surface area (Å²) in [4.78, 5) is 13.1. The molecule has 0 unspecified atom stereocenters. The van der Waals surface area contributed by atoms with Gasteiger partial charge in [0.1, 0.15) is 0 Å². The molecule has 0 atom stereocenters. The fourth-order valence-electron chi connectivity index (χ4n) is 3.88. The first kappa shape index (κ1) is 22.6. The molecule has 0 bridgehead atoms. The molecule has 1 aliphatic rings. The maximum atomic E-state index is 13.1. The summed E-state index contributed by atoms with van der Waals surface area (Å²) in [5, 5.41) is 3.61. The van der Waals surface area contributed by atoms with Crippen molar-refractivity contribution < 1.29 is 22.7 Å². The van der Waals surface area contributed by atoms with Crippen LogP contribution < -0.4 is 5.32 Å². The lowest BCUT2D eigenvalue weighted by Gasteiger charge is -2.39. The number of amides is 1. The van der Waals surface area contributed by atoms with Gasteiger partial charge in [-0.2, -0.15) is 13.2 Å². The lowest BCUT2D eigenvalue weighted by atomic mass is 9.73. The molecule has 0 saturated carbocycles. The highest BCUT2D eigenvalue weighted by molar-refractivity contribution is 6.31. The smallest absolute Gasteiger partial charge is 0.381 e. The lowest BCUT2D eigenvalue weighted by Crippen LogP contribution is -2.49. The third-order valence-electron chi connectivity index (χ3n) is 5.96. The predicted octanol–water partition coefficient (Wildman–Crippen LogP) is 5.50. The second-order valence-corrected chi connectivity index (χ2v) is 8.67. The molecule has 30 heavy (non-hydrogen) atoms. The summed E-state index contributed by atoms with van der Waals surface area (Å²) in [5.74, 6) is -0.334. The van der Waals surface area contributed by atoms with Crippen LogP contribution in [0, 0.1) is 0 Å². The predicted molar refractivity (Wildman–Crippen MR) is 111 cm³/mol. The van der Waals surface area contributed by atoms with Crippen molar-refractivity contribution in [2.75, 3.05) is 19.8 Å². The van der Waals surface area contributed by atoms with E-state index in [2.05, 4.69) is 5.32 Å². The molecular weight excluding hydrogens is 415 g/mol. The van der Waals surface area contributed by atoms with Crippen LogP contribution in [0.1, 0.15) is 43.4 Å². The van der Waals surface area contributed by atoms with Gasteiger partial charge in [-0.1, -0.05) is 48.0 Å². The number of hydrogen-bond donors (Lipinski definition) is 1. The molecule has 0 spiro atoms. The molecule has 1 heterocycles. The summed E-state index contributed by atoms with van der Waals surface area (Å²) in [5.41, 5.74) is -1.01. The van der Waals surface area contributed by atoms with E-state index in [9.17, 15) is 18.0 Å². The molecule has 162 valence electrons. The summed E-state index contributed by atoms with van der Waals surface area (Å²) < 4.78 is 44.8. The first-order valence-electron chi connectivity index (χ1n) is 9.85. The standard InChI is InChI=1S/C23H25ClF3NO2/c1-21(2,16-6-5-7-17(14-16)23(25,26)27)20(29)28-15-22(10-12-30-13-11-22)18-8-3-4-9-19(18)24/h3-9,14H,10-13,15H2,1-2H3,(H,28,29). The van der Waals surface area contributed by atoms with Crippen LogP contribution in [0.5, 0.6) is 0 Å². The number of carbonyl (C=O) groups is 1. The second-order valence-electron chi connectivity index (χ2n) is 8.26. The molecule has 3 rings (SSSR count). The number of nitrogens with one attached hydrogen (secondary N) is 1. The van der Waals surface area contributed by atoms with Crippen molar-refractivity contribution in [3.63, 3.8) is 0 Å². The Morgan fingerprint density at radius 3 is 2.33 bits per heavy atom. The minimum absolute atomic E-state index is 0.314. The molecule has 0 aromatic heterocycles. The van der Waals surface area contributed by atoms with E-state index in [1.165, 1.54) is 6.07 Å². The molecule has 7 heteroatoms. The number of carbonyl (C=O) groups excluding carboxylic acids is 1. The van der Waals surface area contributed by atoms with Crippen molar-refractivity contribution in [2.45, 2.75) is 43.7 Å². The van der Waals surface area contributed by atoms with Crippen molar-refractivity contribution in [1.82, 2.24) is 5.32 Å². The van der Waals surface area contributed by atoms with Gasteiger partial charge < -0.3 is 10.1 Å². The monoisotopic (exact) mass is 439 g/mol. The number of halogens is 4. The van der Waals surface area contributed by atoms with Crippen LogP contribution in [0.4, 0.5) is 13.2 Å². The third kappa shape index (κ3) is 4.65. The van der Waals surface area contributed by atoms with Gasteiger partial charge in [0.25, 0.3) is 0 Å². The molecule has 0 aliphatic carbocycles. The van der Waals surface area contributed by atoms with Gasteiger partial charge in [-0.25, -0.2) is 0 Å². The Balaban J connectivity index is 1.83. The normalized spacial score (nSPS) is 16.9. The summed E-state index contributed by atoms with van der Waals surface area (Å²) in [6, 6.07) is 12.5. The molecule has 1 N–H and O–H groups in total. The Labute approximate surface area is 179 Å². The molecule has 0 radical (unpaired) electrons. The van der Waals surface area contributed by atoms with E-state index >= 15 is 0 Å². The maximum Gasteiger partial charge on any atom is 0.416 e. The van der Waals surface area contributed by atoms with E-state index in [4.69, 9.17) is 16.3 Å². The first-order chi connectivity index (χ1) is 14.1. The van der Waals surface area contributed by atoms with Crippen LogP contribution in [-0.2, 0) is 26.5 Å². The number of ether oxygens (including phenoxy) is 1. The van der Waals surface area contributed by atoms with Gasteiger partial charge in [0, 0.05) is 30.2 Å². The molecule has 2 aromatic carbocycles. The minimum Gasteiger partial charge on any atom is -0.381 e. The zero-order chi connectivity index (χ0) is 22.0. The van der Waals surface area contributed by atoms with Crippen LogP contribution >= 0.6 is 11.6 Å². The molecule has 2 aromatic rings. The highest BCUT2D eigenvalue weighted by Crippen LogP contribution is 2.39. The van der Waals surface area contributed by atoms with E-state index in [0.29, 0.717) is 43.2 Å². The zero-order valence-electron chi connectivity index (χ0n) is 17.0. The number of benzene rings is 2. The Morgan fingerprint density at radius 2 is 1.70 bits per heavy atom. The molecule has 3 nitrogen and oxygen atoms in total. The highest BCUT2D eigenvalue weighted by atomic mass is 35.5. The minimum atomic E-state index is -4.46. The molecule has 1 aliphatic heterocycles. The van der Waals surface area contributed by atoms with Crippen molar-refractivity contribution in [2.24, 2.45) is 0 Å². The van der Waals surface area contributed by atoms with E-state index in [1.54, 1.807) is 19.9 Å². The maximum absolute atomic E-state index is 13.1. The van der Waals surface area contributed by atoms with Gasteiger partial charge in [-0.15, -0.1) is 0 Å². The van der Waals surface area contributed by atoms with E-state index in [-0.39, 0.29) is 11.3 Å². The summed E-state index contributed by atoms with van der Waals surface area (Å²) >= 11 is 6.45. The Kier molecular flexibility index (Phi) is 6.48. The third-order valence-corrected chi connectivity index (χ3v) is 6.29. The number of alkyl halides is 3. The second kappa shape index (κ2) is 8.60. The van der Waals surface area contributed by atoms with Crippen LogP contribution in [-0.4, -0.2) is 25.7 Å². The van der Waals surface area contributed by atoms with E-state index in [0.717, 1.165) is 17.7 Å². The van der Waals surface area contributed by atoms with Gasteiger partial charge in [0.2, 0.25) is 5.91 Å². The fraction of sp³-hybridized carbons (Fsp3) is 0.435. The van der Waals surface area contributed by atoms with Gasteiger partial charge in [0.05, 0.1) is 11.0 Å². The van der Waals surface area contributed by atoms with E-state index in [1.807, 2.05) is 24.3 Å². The zero-order valence-corrected chi connectivity index (χ0v) is 17.7. The van der Waals surface area contributed by atoms with Crippen LogP contribution in [0.3, 0.4) is 0 Å². The molecule has 1 amide bonds. The Morgan fingerprint density at radius 1 is 1.07 bits per heavy atom. The van der Waals surface area contributed by atoms with Crippen molar-refractivity contribution in [1.29, 1.82) is 0 Å². The number of hydrogen-bond acceptors (Lipinski definition) is 2. The number of rotatable bonds is 5. The highest BCUT2D eigenvalue weighted by Gasteiger charge is 2.39. The first-order valence-corrected chi connectivity index (χ1v) is 10.2. The molecular formula is C23H25ClF3NO2.